The summed E-state index contributed by atoms with van der Waals surface area (Å²) >= 11 is 0. The van der Waals surface area contributed by atoms with Crippen LogP contribution < -0.4 is 16.1 Å². The molecule has 0 saturated carbocycles. The van der Waals surface area contributed by atoms with Crippen LogP contribution in [0.2, 0.25) is 0 Å². The number of fused-ring (bicyclic) bond motifs is 2. The summed E-state index contributed by atoms with van der Waals surface area (Å²) < 4.78 is 5.49. The molecular formula is C23H24N3O3+. The largest absolute Gasteiger partial charge is 0.422 e. The minimum Gasteiger partial charge on any atom is -0.422 e. The van der Waals surface area contributed by atoms with E-state index in [4.69, 9.17) is 4.42 Å². The van der Waals surface area contributed by atoms with Gasteiger partial charge in [-0.1, -0.05) is 24.3 Å². The van der Waals surface area contributed by atoms with E-state index in [1.807, 2.05) is 38.1 Å². The van der Waals surface area contributed by atoms with Gasteiger partial charge in [0.05, 0.1) is 17.4 Å². The highest BCUT2D eigenvalue weighted by Crippen LogP contribution is 2.22. The van der Waals surface area contributed by atoms with Gasteiger partial charge in [0.15, 0.2) is 5.82 Å². The van der Waals surface area contributed by atoms with Crippen molar-refractivity contribution in [3.05, 3.63) is 85.8 Å². The number of aryl methyl sites for hydroxylation is 2. The van der Waals surface area contributed by atoms with E-state index in [9.17, 15) is 9.59 Å². The van der Waals surface area contributed by atoms with Gasteiger partial charge in [-0.3, -0.25) is 4.79 Å². The highest BCUT2D eigenvalue weighted by atomic mass is 16.4. The van der Waals surface area contributed by atoms with Gasteiger partial charge < -0.3 is 14.3 Å². The molecule has 2 aromatic heterocycles. The summed E-state index contributed by atoms with van der Waals surface area (Å²) in [6.07, 6.45) is 0. The van der Waals surface area contributed by atoms with Crippen molar-refractivity contribution in [3.63, 3.8) is 0 Å². The molecule has 0 radical (unpaired) electrons. The topological polar surface area (TPSA) is 80.4 Å². The SMILES string of the molecule is CC[NH+](Cc1nc2ccccc2c(=O)[nH]1)Cc1cc(=O)oc2c(C)c(C)ccc12. The summed E-state index contributed by atoms with van der Waals surface area (Å²) in [5.74, 6) is 0.643. The zero-order valence-corrected chi connectivity index (χ0v) is 16.8. The third kappa shape index (κ3) is 3.71. The van der Waals surface area contributed by atoms with Crippen LogP contribution in [0.15, 0.2) is 56.5 Å². The predicted octanol–water partition coefficient (Wildman–Crippen LogP) is 2.25. The van der Waals surface area contributed by atoms with Crippen molar-refractivity contribution < 1.29 is 9.32 Å². The Morgan fingerprint density at radius 3 is 2.62 bits per heavy atom. The third-order valence-corrected chi connectivity index (χ3v) is 5.54. The molecule has 0 aliphatic heterocycles. The summed E-state index contributed by atoms with van der Waals surface area (Å²) in [6, 6.07) is 13.0. The molecule has 4 aromatic rings. The Balaban J connectivity index is 1.69. The van der Waals surface area contributed by atoms with Crippen molar-refractivity contribution in [1.29, 1.82) is 0 Å². The summed E-state index contributed by atoms with van der Waals surface area (Å²) in [5.41, 5.74) is 3.90. The van der Waals surface area contributed by atoms with E-state index in [0.29, 0.717) is 35.4 Å². The first-order chi connectivity index (χ1) is 14.0. The number of hydrogen-bond donors (Lipinski definition) is 2. The maximum absolute atomic E-state index is 12.4. The lowest BCUT2D eigenvalue weighted by Crippen LogP contribution is -3.09. The molecule has 4 rings (SSSR count). The van der Waals surface area contributed by atoms with Crippen molar-refractivity contribution in [2.75, 3.05) is 6.54 Å². The van der Waals surface area contributed by atoms with Crippen LogP contribution in [0.4, 0.5) is 0 Å². The molecule has 0 bridgehead atoms. The van der Waals surface area contributed by atoms with Crippen LogP contribution in [0.5, 0.6) is 0 Å². The van der Waals surface area contributed by atoms with Gasteiger partial charge in [-0.05, 0) is 44.0 Å². The highest BCUT2D eigenvalue weighted by molar-refractivity contribution is 5.83. The number of nitrogens with one attached hydrogen (secondary N) is 2. The minimum atomic E-state index is -0.339. The Hall–Kier alpha value is -3.25. The molecule has 6 nitrogen and oxygen atoms in total. The van der Waals surface area contributed by atoms with Crippen LogP contribution in [0.3, 0.4) is 0 Å². The first kappa shape index (κ1) is 19.1. The molecule has 2 aromatic carbocycles. The zero-order chi connectivity index (χ0) is 20.5. The maximum atomic E-state index is 12.4. The summed E-state index contributed by atoms with van der Waals surface area (Å²) in [6.45, 7) is 8.08. The first-order valence-corrected chi connectivity index (χ1v) is 9.80. The van der Waals surface area contributed by atoms with Gasteiger partial charge in [-0.2, -0.15) is 0 Å². The van der Waals surface area contributed by atoms with Crippen LogP contribution in [-0.4, -0.2) is 16.5 Å². The zero-order valence-electron chi connectivity index (χ0n) is 16.8. The average Bonchev–Trinajstić information content (AvgIpc) is 2.70. The standard InChI is InChI=1S/C23H23N3O3/c1-4-26(13-20-24-19-8-6-5-7-18(19)23(28)25-20)12-16-11-21(27)29-22-15(3)14(2)9-10-17(16)22/h5-11H,4,12-13H2,1-3H3,(H,24,25,28)/p+1. The van der Waals surface area contributed by atoms with Crippen LogP contribution in [0.1, 0.15) is 29.4 Å². The Morgan fingerprint density at radius 1 is 1.03 bits per heavy atom. The van der Waals surface area contributed by atoms with Crippen molar-refractivity contribution in [3.8, 4) is 0 Å². The Kier molecular flexibility index (Phi) is 5.03. The number of quaternary nitrogens is 1. The summed E-state index contributed by atoms with van der Waals surface area (Å²) in [5, 5.41) is 1.55. The van der Waals surface area contributed by atoms with Crippen LogP contribution in [-0.2, 0) is 13.1 Å². The lowest BCUT2D eigenvalue weighted by molar-refractivity contribution is -0.926. The molecule has 29 heavy (non-hydrogen) atoms. The molecule has 0 fully saturated rings. The van der Waals surface area contributed by atoms with Crippen LogP contribution in [0.25, 0.3) is 21.9 Å². The maximum Gasteiger partial charge on any atom is 0.336 e. The van der Waals surface area contributed by atoms with E-state index >= 15 is 0 Å². The van der Waals surface area contributed by atoms with Gasteiger partial charge >= 0.3 is 5.63 Å². The highest BCUT2D eigenvalue weighted by Gasteiger charge is 2.16. The van der Waals surface area contributed by atoms with Crippen LogP contribution >= 0.6 is 0 Å². The van der Waals surface area contributed by atoms with Gasteiger partial charge in [0.25, 0.3) is 5.56 Å². The molecule has 0 aliphatic carbocycles. The molecular weight excluding hydrogens is 366 g/mol. The Morgan fingerprint density at radius 2 is 1.83 bits per heavy atom. The van der Waals surface area contributed by atoms with E-state index < -0.39 is 0 Å². The van der Waals surface area contributed by atoms with E-state index in [1.54, 1.807) is 12.1 Å². The van der Waals surface area contributed by atoms with E-state index in [1.165, 1.54) is 4.90 Å². The summed E-state index contributed by atoms with van der Waals surface area (Å²) in [4.78, 5) is 33.2. The van der Waals surface area contributed by atoms with E-state index in [2.05, 4.69) is 23.0 Å². The number of rotatable bonds is 5. The number of aromatic nitrogens is 2. The number of nitrogens with zero attached hydrogens (tertiary/aromatic N) is 1. The first-order valence-electron chi connectivity index (χ1n) is 9.80. The molecule has 0 spiro atoms. The lowest BCUT2D eigenvalue weighted by atomic mass is 10.0. The third-order valence-electron chi connectivity index (χ3n) is 5.54. The van der Waals surface area contributed by atoms with Gasteiger partial charge in [0, 0.05) is 17.0 Å². The molecule has 0 aliphatic rings. The molecule has 2 heterocycles. The van der Waals surface area contributed by atoms with Gasteiger partial charge in [0.1, 0.15) is 18.7 Å². The Bertz CT molecular complexity index is 1320. The Labute approximate surface area is 167 Å². The van der Waals surface area contributed by atoms with Gasteiger partial charge in [-0.25, -0.2) is 9.78 Å². The second-order valence-corrected chi connectivity index (χ2v) is 7.46. The summed E-state index contributed by atoms with van der Waals surface area (Å²) in [7, 11) is 0. The fourth-order valence-electron chi connectivity index (χ4n) is 3.71. The van der Waals surface area contributed by atoms with E-state index in [-0.39, 0.29) is 11.2 Å². The lowest BCUT2D eigenvalue weighted by Gasteiger charge is -2.18. The molecule has 0 saturated heterocycles. The monoisotopic (exact) mass is 390 g/mol. The quantitative estimate of drug-likeness (QED) is 0.512. The molecule has 148 valence electrons. The van der Waals surface area contributed by atoms with Crippen molar-refractivity contribution in [2.45, 2.75) is 33.9 Å². The average molecular weight is 390 g/mol. The van der Waals surface area contributed by atoms with Gasteiger partial charge in [0.2, 0.25) is 0 Å². The predicted molar refractivity (Wildman–Crippen MR) is 113 cm³/mol. The van der Waals surface area contributed by atoms with Crippen LogP contribution in [0, 0.1) is 13.8 Å². The second-order valence-electron chi connectivity index (χ2n) is 7.46. The van der Waals surface area contributed by atoms with E-state index in [0.717, 1.165) is 28.6 Å². The number of benzene rings is 2. The molecule has 1 atom stereocenters. The molecule has 2 N–H and O–H groups in total. The van der Waals surface area contributed by atoms with Crippen molar-refractivity contribution in [2.24, 2.45) is 0 Å². The fraction of sp³-hybridized carbons (Fsp3) is 0.261. The smallest absolute Gasteiger partial charge is 0.336 e. The second kappa shape index (κ2) is 7.64. The van der Waals surface area contributed by atoms with Gasteiger partial charge in [-0.15, -0.1) is 0 Å². The minimum absolute atomic E-state index is 0.127. The van der Waals surface area contributed by atoms with Crippen molar-refractivity contribution in [1.82, 2.24) is 9.97 Å². The molecule has 1 unspecified atom stereocenters. The normalized spacial score (nSPS) is 12.5. The number of hydrogen-bond acceptors (Lipinski definition) is 4. The number of H-pyrrole nitrogens is 1. The number of para-hydroxylation sites is 1. The fourth-order valence-corrected chi connectivity index (χ4v) is 3.71. The molecule has 6 heteroatoms. The van der Waals surface area contributed by atoms with Crippen molar-refractivity contribution >= 4 is 21.9 Å². The number of aromatic amines is 1. The molecule has 0 amide bonds.